The zero-order chi connectivity index (χ0) is 14.3. The summed E-state index contributed by atoms with van der Waals surface area (Å²) in [5.74, 6) is -0.0104. The van der Waals surface area contributed by atoms with E-state index in [0.29, 0.717) is 19.7 Å². The number of carbonyl (C=O) groups excluding carboxylic acids is 1. The minimum absolute atomic E-state index is 0.0104. The molecule has 0 fully saturated rings. The van der Waals surface area contributed by atoms with Gasteiger partial charge in [0.25, 0.3) is 0 Å². The van der Waals surface area contributed by atoms with Crippen molar-refractivity contribution in [3.05, 3.63) is 18.2 Å². The molecule has 0 unspecified atom stereocenters. The molecule has 1 heterocycles. The first-order valence-electron chi connectivity index (χ1n) is 6.42. The van der Waals surface area contributed by atoms with Gasteiger partial charge >= 0.3 is 0 Å². The molecule has 19 heavy (non-hydrogen) atoms. The third kappa shape index (κ3) is 6.93. The zero-order valence-corrected chi connectivity index (χ0v) is 12.2. The molecule has 1 rings (SSSR count). The third-order valence-corrected chi connectivity index (χ3v) is 2.32. The van der Waals surface area contributed by atoms with Crippen LogP contribution in [0, 0.1) is 0 Å². The summed E-state index contributed by atoms with van der Waals surface area (Å²) < 4.78 is 6.73. The Morgan fingerprint density at radius 3 is 2.84 bits per heavy atom. The molecule has 0 saturated carbocycles. The van der Waals surface area contributed by atoms with E-state index in [-0.39, 0.29) is 11.4 Å². The lowest BCUT2D eigenvalue weighted by Gasteiger charge is -2.20. The van der Waals surface area contributed by atoms with E-state index >= 15 is 0 Å². The lowest BCUT2D eigenvalue weighted by Crippen LogP contribution is -2.42. The summed E-state index contributed by atoms with van der Waals surface area (Å²) in [6.07, 6.45) is 3.55. The number of carbonyl (C=O) groups is 1. The fraction of sp³-hybridized carbons (Fsp3) is 0.692. The normalized spacial score (nSPS) is 11.6. The molecule has 0 atom stereocenters. The summed E-state index contributed by atoms with van der Waals surface area (Å²) in [5, 5.41) is 6.12. The van der Waals surface area contributed by atoms with Crippen molar-refractivity contribution < 1.29 is 9.53 Å². The van der Waals surface area contributed by atoms with Crippen LogP contribution in [0.15, 0.2) is 12.5 Å². The average Bonchev–Trinajstić information content (AvgIpc) is 2.69. The number of nitrogens with zero attached hydrogens (tertiary/aromatic N) is 2. The standard InChI is InChI=1S/C13H24N4O2/c1-13(2,3)16-12(18)9-17-8-11(15-10-17)7-14-5-6-19-4/h8,10,14H,5-7,9H2,1-4H3,(H,16,18). The first-order chi connectivity index (χ1) is 8.90. The van der Waals surface area contributed by atoms with E-state index in [4.69, 9.17) is 4.74 Å². The lowest BCUT2D eigenvalue weighted by molar-refractivity contribution is -0.123. The van der Waals surface area contributed by atoms with Gasteiger partial charge in [0.1, 0.15) is 6.54 Å². The molecule has 0 aromatic carbocycles. The summed E-state index contributed by atoms with van der Waals surface area (Å²) in [5.41, 5.74) is 0.710. The van der Waals surface area contributed by atoms with Gasteiger partial charge in [0.15, 0.2) is 0 Å². The summed E-state index contributed by atoms with van der Waals surface area (Å²) in [4.78, 5) is 16.0. The van der Waals surface area contributed by atoms with E-state index in [1.807, 2.05) is 27.0 Å². The van der Waals surface area contributed by atoms with Crippen LogP contribution >= 0.6 is 0 Å². The highest BCUT2D eigenvalue weighted by Crippen LogP contribution is 2.00. The zero-order valence-electron chi connectivity index (χ0n) is 12.2. The predicted octanol–water partition coefficient (Wildman–Crippen LogP) is 0.534. The lowest BCUT2D eigenvalue weighted by atomic mass is 10.1. The molecule has 2 N–H and O–H groups in total. The van der Waals surface area contributed by atoms with Gasteiger partial charge in [-0.1, -0.05) is 0 Å². The van der Waals surface area contributed by atoms with Crippen molar-refractivity contribution in [3.8, 4) is 0 Å². The topological polar surface area (TPSA) is 68.2 Å². The second-order valence-corrected chi connectivity index (χ2v) is 5.51. The average molecular weight is 268 g/mol. The largest absolute Gasteiger partial charge is 0.383 e. The van der Waals surface area contributed by atoms with Crippen molar-refractivity contribution in [2.75, 3.05) is 20.3 Å². The van der Waals surface area contributed by atoms with Crippen LogP contribution in [0.2, 0.25) is 0 Å². The Labute approximate surface area is 114 Å². The molecule has 6 heteroatoms. The van der Waals surface area contributed by atoms with Gasteiger partial charge in [0, 0.05) is 31.9 Å². The van der Waals surface area contributed by atoms with E-state index in [1.165, 1.54) is 0 Å². The molecule has 0 aliphatic heterocycles. The van der Waals surface area contributed by atoms with Crippen LogP contribution in [-0.2, 0) is 22.6 Å². The van der Waals surface area contributed by atoms with E-state index in [2.05, 4.69) is 15.6 Å². The number of rotatable bonds is 7. The smallest absolute Gasteiger partial charge is 0.240 e. The number of nitrogens with one attached hydrogen (secondary N) is 2. The van der Waals surface area contributed by atoms with E-state index in [9.17, 15) is 4.79 Å². The van der Waals surface area contributed by atoms with Gasteiger partial charge in [0.05, 0.1) is 18.6 Å². The van der Waals surface area contributed by atoms with E-state index in [0.717, 1.165) is 12.2 Å². The Morgan fingerprint density at radius 1 is 1.47 bits per heavy atom. The molecule has 0 aliphatic carbocycles. The van der Waals surface area contributed by atoms with Gasteiger partial charge in [-0.05, 0) is 20.8 Å². The second kappa shape index (κ2) is 7.25. The molecular weight excluding hydrogens is 244 g/mol. The van der Waals surface area contributed by atoms with Crippen LogP contribution in [-0.4, -0.2) is 41.3 Å². The minimum atomic E-state index is -0.206. The number of imidazole rings is 1. The molecule has 0 saturated heterocycles. The van der Waals surface area contributed by atoms with Gasteiger partial charge in [-0.3, -0.25) is 4.79 Å². The van der Waals surface area contributed by atoms with Crippen LogP contribution < -0.4 is 10.6 Å². The van der Waals surface area contributed by atoms with Crippen molar-refractivity contribution in [2.24, 2.45) is 0 Å². The maximum Gasteiger partial charge on any atom is 0.240 e. The Hall–Kier alpha value is -1.40. The monoisotopic (exact) mass is 268 g/mol. The molecule has 0 aliphatic rings. The molecule has 108 valence electrons. The predicted molar refractivity (Wildman–Crippen MR) is 73.7 cm³/mol. The van der Waals surface area contributed by atoms with E-state index < -0.39 is 0 Å². The highest BCUT2D eigenvalue weighted by atomic mass is 16.5. The van der Waals surface area contributed by atoms with Crippen LogP contribution in [0.1, 0.15) is 26.5 Å². The SMILES string of the molecule is COCCNCc1cn(CC(=O)NC(C)(C)C)cn1. The van der Waals surface area contributed by atoms with Gasteiger partial charge < -0.3 is 19.9 Å². The number of aromatic nitrogens is 2. The van der Waals surface area contributed by atoms with Crippen molar-refractivity contribution in [3.63, 3.8) is 0 Å². The molecule has 1 aromatic rings. The molecule has 1 amide bonds. The first-order valence-corrected chi connectivity index (χ1v) is 6.42. The Bertz CT molecular complexity index is 396. The number of hydrogen-bond donors (Lipinski definition) is 2. The van der Waals surface area contributed by atoms with Crippen LogP contribution in [0.4, 0.5) is 0 Å². The van der Waals surface area contributed by atoms with Gasteiger partial charge in [0.2, 0.25) is 5.91 Å². The quantitative estimate of drug-likeness (QED) is 0.708. The molecule has 0 radical (unpaired) electrons. The van der Waals surface area contributed by atoms with E-state index in [1.54, 1.807) is 18.0 Å². The summed E-state index contributed by atoms with van der Waals surface area (Å²) in [6, 6.07) is 0. The third-order valence-electron chi connectivity index (χ3n) is 2.32. The number of hydrogen-bond acceptors (Lipinski definition) is 4. The first kappa shape index (κ1) is 15.7. The maximum atomic E-state index is 11.7. The maximum absolute atomic E-state index is 11.7. The Balaban J connectivity index is 2.36. The van der Waals surface area contributed by atoms with Crippen molar-refractivity contribution in [2.45, 2.75) is 39.4 Å². The minimum Gasteiger partial charge on any atom is -0.383 e. The number of amides is 1. The fourth-order valence-electron chi connectivity index (χ4n) is 1.60. The Kier molecular flexibility index (Phi) is 5.98. The Morgan fingerprint density at radius 2 is 2.21 bits per heavy atom. The van der Waals surface area contributed by atoms with Gasteiger partial charge in [-0.2, -0.15) is 0 Å². The van der Waals surface area contributed by atoms with Gasteiger partial charge in [-0.15, -0.1) is 0 Å². The van der Waals surface area contributed by atoms with Crippen LogP contribution in [0.3, 0.4) is 0 Å². The summed E-state index contributed by atoms with van der Waals surface area (Å²) in [6.45, 7) is 8.32. The molecule has 0 bridgehead atoms. The van der Waals surface area contributed by atoms with Crippen molar-refractivity contribution >= 4 is 5.91 Å². The molecule has 0 spiro atoms. The second-order valence-electron chi connectivity index (χ2n) is 5.51. The number of ether oxygens (including phenoxy) is 1. The summed E-state index contributed by atoms with van der Waals surface area (Å²) >= 11 is 0. The van der Waals surface area contributed by atoms with Gasteiger partial charge in [-0.25, -0.2) is 4.98 Å². The molecular formula is C13H24N4O2. The van der Waals surface area contributed by atoms with Crippen molar-refractivity contribution in [1.82, 2.24) is 20.2 Å². The summed E-state index contributed by atoms with van der Waals surface area (Å²) in [7, 11) is 1.67. The highest BCUT2D eigenvalue weighted by Gasteiger charge is 2.13. The molecule has 6 nitrogen and oxygen atoms in total. The molecule has 1 aromatic heterocycles. The highest BCUT2D eigenvalue weighted by molar-refractivity contribution is 5.76. The number of methoxy groups -OCH3 is 1. The fourth-order valence-corrected chi connectivity index (χ4v) is 1.60. The van der Waals surface area contributed by atoms with Crippen LogP contribution in [0.5, 0.6) is 0 Å². The van der Waals surface area contributed by atoms with Crippen LogP contribution in [0.25, 0.3) is 0 Å². The van der Waals surface area contributed by atoms with Crippen molar-refractivity contribution in [1.29, 1.82) is 0 Å².